The molecule has 1 saturated heterocycles. The van der Waals surface area contributed by atoms with Gasteiger partial charge in [-0.05, 0) is 18.5 Å². The van der Waals surface area contributed by atoms with Gasteiger partial charge >= 0.3 is 35.5 Å². The summed E-state index contributed by atoms with van der Waals surface area (Å²) < 4.78 is 10.4. The fraction of sp³-hybridized carbons (Fsp3) is 0.545. The van der Waals surface area contributed by atoms with Gasteiger partial charge in [0.25, 0.3) is 0 Å². The minimum atomic E-state index is -1.27. The van der Waals surface area contributed by atoms with Gasteiger partial charge in [-0.25, -0.2) is 9.78 Å². The van der Waals surface area contributed by atoms with Crippen LogP contribution in [0, 0.1) is 0 Å². The minimum absolute atomic E-state index is 0. The average molecular weight is 346 g/mol. The second kappa shape index (κ2) is 8.47. The zero-order chi connectivity index (χ0) is 14.7. The van der Waals surface area contributed by atoms with E-state index in [1.54, 1.807) is 0 Å². The summed E-state index contributed by atoms with van der Waals surface area (Å²) in [6.45, 7) is 3.52. The van der Waals surface area contributed by atoms with Crippen molar-refractivity contribution in [3.05, 3.63) is 16.0 Å². The summed E-state index contributed by atoms with van der Waals surface area (Å²) in [6, 6.07) is -0.126. The first-order chi connectivity index (χ1) is 9.47. The summed E-state index contributed by atoms with van der Waals surface area (Å²) in [4.78, 5) is 18.4. The van der Waals surface area contributed by atoms with Gasteiger partial charge in [0.2, 0.25) is 5.28 Å². The van der Waals surface area contributed by atoms with Crippen LogP contribution in [-0.4, -0.2) is 82.6 Å². The second-order valence-corrected chi connectivity index (χ2v) is 5.06. The number of anilines is 1. The Morgan fingerprint density at radius 3 is 2.81 bits per heavy atom. The van der Waals surface area contributed by atoms with Crippen LogP contribution >= 0.6 is 23.2 Å². The molecule has 0 spiro atoms. The molecule has 0 aromatic carbocycles. The molecule has 0 amide bonds. The van der Waals surface area contributed by atoms with Crippen LogP contribution in [0.15, 0.2) is 0 Å². The number of epoxide rings is 1. The van der Waals surface area contributed by atoms with E-state index in [-0.39, 0.29) is 63.5 Å². The number of ether oxygens (including phenoxy) is 2. The molecular weight excluding hydrogens is 332 g/mol. The fourth-order valence-electron chi connectivity index (χ4n) is 1.47. The monoisotopic (exact) mass is 345 g/mol. The molecule has 2 rings (SSSR count). The second-order valence-electron chi connectivity index (χ2n) is 4.35. The summed E-state index contributed by atoms with van der Waals surface area (Å²) in [5, 5.41) is 11.6. The molecule has 0 saturated carbocycles. The van der Waals surface area contributed by atoms with Crippen molar-refractivity contribution in [3.8, 4) is 0 Å². The standard InChI is InChI=1S/C11H13Cl2N3O4.Na.H/c1-5(2-19-3-6-4-20-6)14-9-7(12)8(10(17)18)15-11(13)16-9;;/h5-6H,2-4H2,1H3,(H,17,18)(H,14,15,16);;/t5-,6-;;/m1../s1. The number of aromatic nitrogens is 2. The Morgan fingerprint density at radius 1 is 1.57 bits per heavy atom. The Labute approximate surface area is 153 Å². The van der Waals surface area contributed by atoms with Crippen molar-refractivity contribution in [1.29, 1.82) is 0 Å². The van der Waals surface area contributed by atoms with Gasteiger partial charge in [0, 0.05) is 6.04 Å². The average Bonchev–Trinajstić information content (AvgIpc) is 3.17. The maximum atomic E-state index is 11.0. The molecule has 2 heterocycles. The van der Waals surface area contributed by atoms with E-state index in [1.165, 1.54) is 0 Å². The van der Waals surface area contributed by atoms with Crippen molar-refractivity contribution in [2.45, 2.75) is 19.1 Å². The number of nitrogens with one attached hydrogen (secondary N) is 1. The van der Waals surface area contributed by atoms with E-state index in [9.17, 15) is 4.79 Å². The molecule has 1 aromatic heterocycles. The molecule has 0 radical (unpaired) electrons. The third kappa shape index (κ3) is 5.86. The van der Waals surface area contributed by atoms with Crippen LogP contribution in [0.2, 0.25) is 10.3 Å². The molecule has 1 aromatic rings. The first-order valence-corrected chi connectivity index (χ1v) is 6.65. The van der Waals surface area contributed by atoms with Crippen molar-refractivity contribution in [2.75, 3.05) is 25.1 Å². The van der Waals surface area contributed by atoms with Crippen LogP contribution < -0.4 is 5.32 Å². The number of aromatic carboxylic acids is 1. The molecule has 1 aliphatic heterocycles. The van der Waals surface area contributed by atoms with Gasteiger partial charge in [-0.1, -0.05) is 11.6 Å². The molecule has 7 nitrogen and oxygen atoms in total. The first kappa shape index (κ1) is 18.9. The normalized spacial score (nSPS) is 17.8. The van der Waals surface area contributed by atoms with Crippen molar-refractivity contribution in [3.63, 3.8) is 0 Å². The van der Waals surface area contributed by atoms with Crippen molar-refractivity contribution < 1.29 is 19.4 Å². The van der Waals surface area contributed by atoms with E-state index in [2.05, 4.69) is 15.3 Å². The zero-order valence-corrected chi connectivity index (χ0v) is 12.1. The van der Waals surface area contributed by atoms with Gasteiger partial charge in [0.1, 0.15) is 11.1 Å². The van der Waals surface area contributed by atoms with E-state index in [4.69, 9.17) is 37.8 Å². The molecule has 0 unspecified atom stereocenters. The molecular formula is C11H14Cl2N3NaO4. The number of halogens is 2. The topological polar surface area (TPSA) is 96.9 Å². The van der Waals surface area contributed by atoms with Crippen molar-refractivity contribution in [2.24, 2.45) is 0 Å². The third-order valence-corrected chi connectivity index (χ3v) is 3.01. The van der Waals surface area contributed by atoms with Crippen LogP contribution in [-0.2, 0) is 9.47 Å². The van der Waals surface area contributed by atoms with Crippen LogP contribution in [0.25, 0.3) is 0 Å². The number of hydrogen-bond donors (Lipinski definition) is 2. The Balaban J connectivity index is 0.00000220. The third-order valence-electron chi connectivity index (χ3n) is 2.48. The predicted molar refractivity (Wildman–Crippen MR) is 79.8 cm³/mol. The van der Waals surface area contributed by atoms with Gasteiger partial charge in [-0.3, -0.25) is 0 Å². The SMILES string of the molecule is C[C@H](COC[C@@H]1CO1)Nc1nc(Cl)nc(C(=O)O)c1Cl.[NaH]. The van der Waals surface area contributed by atoms with E-state index < -0.39 is 5.97 Å². The summed E-state index contributed by atoms with van der Waals surface area (Å²) in [7, 11) is 0. The summed E-state index contributed by atoms with van der Waals surface area (Å²) in [5.41, 5.74) is -0.339. The van der Waals surface area contributed by atoms with E-state index in [0.29, 0.717) is 13.2 Å². The van der Waals surface area contributed by atoms with Crippen LogP contribution in [0.4, 0.5) is 5.82 Å². The van der Waals surface area contributed by atoms with Gasteiger partial charge < -0.3 is 19.9 Å². The number of rotatable bonds is 7. The number of carboxylic acids is 1. The first-order valence-electron chi connectivity index (χ1n) is 5.89. The summed E-state index contributed by atoms with van der Waals surface area (Å²) in [5.74, 6) is -1.10. The maximum absolute atomic E-state index is 11.0. The number of hydrogen-bond acceptors (Lipinski definition) is 6. The number of carbonyl (C=O) groups is 1. The fourth-order valence-corrected chi connectivity index (χ4v) is 1.86. The Hall–Kier alpha value is -0.150. The molecule has 1 fully saturated rings. The van der Waals surface area contributed by atoms with E-state index >= 15 is 0 Å². The number of carboxylic acid groups (broad SMARTS) is 1. The molecule has 2 N–H and O–H groups in total. The zero-order valence-electron chi connectivity index (χ0n) is 10.6. The molecule has 1 aliphatic rings. The molecule has 21 heavy (non-hydrogen) atoms. The van der Waals surface area contributed by atoms with Crippen LogP contribution in [0.3, 0.4) is 0 Å². The Bertz CT molecular complexity index is 516. The van der Waals surface area contributed by atoms with Gasteiger partial charge in [0.05, 0.1) is 19.8 Å². The van der Waals surface area contributed by atoms with Gasteiger partial charge in [-0.2, -0.15) is 4.98 Å². The molecule has 0 aliphatic carbocycles. The van der Waals surface area contributed by atoms with Crippen molar-refractivity contribution >= 4 is 64.5 Å². The summed E-state index contributed by atoms with van der Waals surface area (Å²) >= 11 is 11.6. The van der Waals surface area contributed by atoms with Crippen LogP contribution in [0.5, 0.6) is 0 Å². The predicted octanol–water partition coefficient (Wildman–Crippen LogP) is 1.05. The molecule has 10 heteroatoms. The summed E-state index contributed by atoms with van der Waals surface area (Å²) in [6.07, 6.45) is 0.192. The van der Waals surface area contributed by atoms with E-state index in [0.717, 1.165) is 6.61 Å². The van der Waals surface area contributed by atoms with Gasteiger partial charge in [-0.15, -0.1) is 0 Å². The van der Waals surface area contributed by atoms with Gasteiger partial charge in [0.15, 0.2) is 11.5 Å². The van der Waals surface area contributed by atoms with Crippen LogP contribution in [0.1, 0.15) is 17.4 Å². The molecule has 0 bridgehead atoms. The van der Waals surface area contributed by atoms with Crippen molar-refractivity contribution in [1.82, 2.24) is 9.97 Å². The Morgan fingerprint density at radius 2 is 2.24 bits per heavy atom. The number of nitrogens with zero attached hydrogens (tertiary/aromatic N) is 2. The van der Waals surface area contributed by atoms with E-state index in [1.807, 2.05) is 6.92 Å². The molecule has 2 atom stereocenters. The molecule has 112 valence electrons. The Kier molecular flexibility index (Phi) is 7.63. The quantitative estimate of drug-likeness (QED) is 0.433.